The molecule has 3 N–H and O–H groups in total. The molecule has 0 saturated carbocycles. The van der Waals surface area contributed by atoms with Crippen LogP contribution in [0.3, 0.4) is 0 Å². The zero-order valence-corrected chi connectivity index (χ0v) is 13.1. The number of nitrogens with one attached hydrogen (secondary N) is 1. The lowest BCUT2D eigenvalue weighted by molar-refractivity contribution is -0.122. The number of carbonyl (C=O) groups is 1. The molecule has 20 heavy (non-hydrogen) atoms. The first-order valence-corrected chi connectivity index (χ1v) is 7.56. The number of nitrogens with two attached hydrogens (primary N) is 1. The lowest BCUT2D eigenvalue weighted by Gasteiger charge is -2.18. The summed E-state index contributed by atoms with van der Waals surface area (Å²) in [5, 5.41) is 3.09. The van der Waals surface area contributed by atoms with Gasteiger partial charge in [0, 0.05) is 11.7 Å². The molecular formula is C17H28N2O. The highest BCUT2D eigenvalue weighted by Crippen LogP contribution is 2.18. The first-order valence-electron chi connectivity index (χ1n) is 7.56. The molecule has 112 valence electrons. The Balaban J connectivity index is 2.45. The SMILES string of the molecule is CC(C)CCCC(C)NC(=O)C(C)c1cccc(N)c1. The number of rotatable bonds is 7. The third-order valence-electron chi connectivity index (χ3n) is 3.61. The van der Waals surface area contributed by atoms with Crippen molar-refractivity contribution < 1.29 is 4.79 Å². The highest BCUT2D eigenvalue weighted by Gasteiger charge is 2.17. The van der Waals surface area contributed by atoms with Gasteiger partial charge in [0.2, 0.25) is 5.91 Å². The number of nitrogen functional groups attached to an aromatic ring is 1. The summed E-state index contributed by atoms with van der Waals surface area (Å²) < 4.78 is 0. The van der Waals surface area contributed by atoms with Crippen LogP contribution < -0.4 is 11.1 Å². The normalized spacial score (nSPS) is 14.1. The van der Waals surface area contributed by atoms with Crippen LogP contribution >= 0.6 is 0 Å². The minimum atomic E-state index is -0.161. The molecule has 1 aromatic rings. The number of benzene rings is 1. The van der Waals surface area contributed by atoms with Gasteiger partial charge in [0.1, 0.15) is 0 Å². The fourth-order valence-corrected chi connectivity index (χ4v) is 2.25. The van der Waals surface area contributed by atoms with Crippen LogP contribution in [0.1, 0.15) is 58.4 Å². The van der Waals surface area contributed by atoms with Crippen molar-refractivity contribution in [1.29, 1.82) is 0 Å². The summed E-state index contributed by atoms with van der Waals surface area (Å²) in [4.78, 5) is 12.2. The Morgan fingerprint density at radius 3 is 2.50 bits per heavy atom. The van der Waals surface area contributed by atoms with Gasteiger partial charge in [0.15, 0.2) is 0 Å². The second-order valence-corrected chi connectivity index (χ2v) is 6.13. The molecule has 0 aromatic heterocycles. The van der Waals surface area contributed by atoms with Crippen LogP contribution in [0.5, 0.6) is 0 Å². The topological polar surface area (TPSA) is 55.1 Å². The van der Waals surface area contributed by atoms with Gasteiger partial charge in [0.25, 0.3) is 0 Å². The zero-order chi connectivity index (χ0) is 15.1. The van der Waals surface area contributed by atoms with E-state index in [0.29, 0.717) is 5.69 Å². The first-order chi connectivity index (χ1) is 9.40. The van der Waals surface area contributed by atoms with Gasteiger partial charge in [-0.15, -0.1) is 0 Å². The lowest BCUT2D eigenvalue weighted by atomic mass is 9.98. The monoisotopic (exact) mass is 276 g/mol. The molecule has 1 amide bonds. The lowest BCUT2D eigenvalue weighted by Crippen LogP contribution is -2.35. The molecule has 0 radical (unpaired) electrons. The van der Waals surface area contributed by atoms with E-state index in [-0.39, 0.29) is 17.9 Å². The molecule has 3 heteroatoms. The molecule has 0 aliphatic heterocycles. The van der Waals surface area contributed by atoms with E-state index in [9.17, 15) is 4.79 Å². The predicted molar refractivity (Wildman–Crippen MR) is 85.6 cm³/mol. The Kier molecular flexibility index (Phi) is 6.56. The maximum absolute atomic E-state index is 12.2. The minimum Gasteiger partial charge on any atom is -0.399 e. The maximum Gasteiger partial charge on any atom is 0.227 e. The standard InChI is InChI=1S/C17H28N2O/c1-12(2)7-5-8-13(3)19-17(20)14(4)15-9-6-10-16(18)11-15/h6,9-14H,5,7-8,18H2,1-4H3,(H,19,20). The van der Waals surface area contributed by atoms with Crippen molar-refractivity contribution in [2.75, 3.05) is 5.73 Å². The largest absolute Gasteiger partial charge is 0.399 e. The summed E-state index contributed by atoms with van der Waals surface area (Å²) in [6, 6.07) is 7.77. The van der Waals surface area contributed by atoms with E-state index in [1.807, 2.05) is 31.2 Å². The summed E-state index contributed by atoms with van der Waals surface area (Å²) in [6.45, 7) is 8.45. The Morgan fingerprint density at radius 1 is 1.20 bits per heavy atom. The van der Waals surface area contributed by atoms with Crippen molar-refractivity contribution >= 4 is 11.6 Å². The number of hydrogen-bond donors (Lipinski definition) is 2. The molecule has 0 aliphatic carbocycles. The van der Waals surface area contributed by atoms with Gasteiger partial charge in [-0.25, -0.2) is 0 Å². The highest BCUT2D eigenvalue weighted by molar-refractivity contribution is 5.83. The molecule has 1 aromatic carbocycles. The third kappa shape index (κ3) is 5.64. The number of hydrogen-bond acceptors (Lipinski definition) is 2. The van der Waals surface area contributed by atoms with E-state index in [1.54, 1.807) is 0 Å². The van der Waals surface area contributed by atoms with E-state index < -0.39 is 0 Å². The Hall–Kier alpha value is -1.51. The van der Waals surface area contributed by atoms with E-state index in [1.165, 1.54) is 6.42 Å². The van der Waals surface area contributed by atoms with Gasteiger partial charge >= 0.3 is 0 Å². The fourth-order valence-electron chi connectivity index (χ4n) is 2.25. The molecule has 0 aliphatic rings. The Morgan fingerprint density at radius 2 is 1.90 bits per heavy atom. The van der Waals surface area contributed by atoms with Gasteiger partial charge in [0.05, 0.1) is 5.92 Å². The van der Waals surface area contributed by atoms with Crippen LogP contribution in [0, 0.1) is 5.92 Å². The van der Waals surface area contributed by atoms with Gasteiger partial charge in [-0.2, -0.15) is 0 Å². The smallest absolute Gasteiger partial charge is 0.227 e. The first kappa shape index (κ1) is 16.5. The summed E-state index contributed by atoms with van der Waals surface area (Å²) in [6.07, 6.45) is 3.41. The summed E-state index contributed by atoms with van der Waals surface area (Å²) in [7, 11) is 0. The van der Waals surface area contributed by atoms with Crippen molar-refractivity contribution in [3.63, 3.8) is 0 Å². The fraction of sp³-hybridized carbons (Fsp3) is 0.588. The summed E-state index contributed by atoms with van der Waals surface area (Å²) in [5.41, 5.74) is 7.43. The molecule has 1 rings (SSSR count). The molecule has 2 atom stereocenters. The average molecular weight is 276 g/mol. The number of anilines is 1. The Labute approximate surface area is 122 Å². The molecule has 0 heterocycles. The highest BCUT2D eigenvalue weighted by atomic mass is 16.1. The quantitative estimate of drug-likeness (QED) is 0.746. The molecule has 0 bridgehead atoms. The van der Waals surface area contributed by atoms with Crippen molar-refractivity contribution in [1.82, 2.24) is 5.32 Å². The second-order valence-electron chi connectivity index (χ2n) is 6.13. The van der Waals surface area contributed by atoms with Crippen LogP contribution in [0.15, 0.2) is 24.3 Å². The van der Waals surface area contributed by atoms with E-state index in [0.717, 1.165) is 24.3 Å². The third-order valence-corrected chi connectivity index (χ3v) is 3.61. The van der Waals surface area contributed by atoms with Gasteiger partial charge < -0.3 is 11.1 Å². The molecule has 0 spiro atoms. The van der Waals surface area contributed by atoms with Crippen molar-refractivity contribution in [3.05, 3.63) is 29.8 Å². The molecule has 0 saturated heterocycles. The minimum absolute atomic E-state index is 0.0765. The van der Waals surface area contributed by atoms with Gasteiger partial charge in [-0.1, -0.05) is 38.8 Å². The van der Waals surface area contributed by atoms with E-state index >= 15 is 0 Å². The number of amides is 1. The maximum atomic E-state index is 12.2. The van der Waals surface area contributed by atoms with Crippen LogP contribution in [0.2, 0.25) is 0 Å². The van der Waals surface area contributed by atoms with Crippen LogP contribution in [-0.4, -0.2) is 11.9 Å². The molecule has 0 fully saturated rings. The Bertz CT molecular complexity index is 429. The van der Waals surface area contributed by atoms with Crippen LogP contribution in [0.4, 0.5) is 5.69 Å². The molecular weight excluding hydrogens is 248 g/mol. The van der Waals surface area contributed by atoms with E-state index in [2.05, 4.69) is 26.1 Å². The van der Waals surface area contributed by atoms with Gasteiger partial charge in [-0.3, -0.25) is 4.79 Å². The van der Waals surface area contributed by atoms with Crippen LogP contribution in [-0.2, 0) is 4.79 Å². The average Bonchev–Trinajstić information content (AvgIpc) is 2.37. The van der Waals surface area contributed by atoms with Crippen LogP contribution in [0.25, 0.3) is 0 Å². The number of carbonyl (C=O) groups excluding carboxylic acids is 1. The van der Waals surface area contributed by atoms with Crippen molar-refractivity contribution in [2.45, 2.75) is 58.9 Å². The predicted octanol–water partition coefficient (Wildman–Crippen LogP) is 3.70. The zero-order valence-electron chi connectivity index (χ0n) is 13.1. The van der Waals surface area contributed by atoms with Crippen molar-refractivity contribution in [3.8, 4) is 0 Å². The molecule has 2 unspecified atom stereocenters. The summed E-state index contributed by atoms with van der Waals surface area (Å²) in [5.74, 6) is 0.641. The molecule has 3 nitrogen and oxygen atoms in total. The van der Waals surface area contributed by atoms with E-state index in [4.69, 9.17) is 5.73 Å². The summed E-state index contributed by atoms with van der Waals surface area (Å²) >= 11 is 0. The second kappa shape index (κ2) is 7.93. The van der Waals surface area contributed by atoms with Gasteiger partial charge in [-0.05, 0) is 43.9 Å². The van der Waals surface area contributed by atoms with Crippen molar-refractivity contribution in [2.24, 2.45) is 5.92 Å².